The molecule has 1 aliphatic rings. The molecule has 1 heterocycles. The van der Waals surface area contributed by atoms with E-state index in [2.05, 4.69) is 23.6 Å². The second kappa shape index (κ2) is 36.5. The van der Waals surface area contributed by atoms with Crippen molar-refractivity contribution in [3.8, 4) is 11.5 Å². The van der Waals surface area contributed by atoms with Crippen LogP contribution in [0, 0.1) is 0 Å². The summed E-state index contributed by atoms with van der Waals surface area (Å²) >= 11 is 0. The zero-order valence-corrected chi connectivity index (χ0v) is 36.3. The van der Waals surface area contributed by atoms with E-state index in [1.165, 1.54) is 161 Å². The van der Waals surface area contributed by atoms with Crippen LogP contribution in [-0.2, 0) is 16.1 Å². The number of aliphatic hydroxyl groups excluding tert-OH is 1. The van der Waals surface area contributed by atoms with Gasteiger partial charge in [-0.05, 0) is 43.5 Å². The summed E-state index contributed by atoms with van der Waals surface area (Å²) in [6.45, 7) is 12.0. The lowest BCUT2D eigenvalue weighted by Crippen LogP contribution is -2.47. The number of benzene rings is 1. The van der Waals surface area contributed by atoms with Crippen LogP contribution in [0.2, 0.25) is 0 Å². The Kier molecular flexibility index (Phi) is 32.7. The molecule has 0 amide bonds. The predicted molar refractivity (Wildman–Crippen MR) is 232 cm³/mol. The van der Waals surface area contributed by atoms with Gasteiger partial charge >= 0.3 is 5.97 Å². The highest BCUT2D eigenvalue weighted by Gasteiger charge is 2.16. The topological polar surface area (TPSA) is 71.5 Å². The van der Waals surface area contributed by atoms with Gasteiger partial charge in [0.1, 0.15) is 18.1 Å². The van der Waals surface area contributed by atoms with E-state index in [0.717, 1.165) is 75.6 Å². The molecule has 0 bridgehead atoms. The molecule has 7 heteroatoms. The average Bonchev–Trinajstić information content (AvgIpc) is 3.19. The molecule has 7 nitrogen and oxygen atoms in total. The van der Waals surface area contributed by atoms with Crippen LogP contribution in [0.15, 0.2) is 18.2 Å². The third kappa shape index (κ3) is 29.1. The van der Waals surface area contributed by atoms with E-state index in [1.54, 1.807) is 0 Å². The van der Waals surface area contributed by atoms with Gasteiger partial charge in [-0.25, -0.2) is 0 Å². The maximum Gasteiger partial charge on any atom is 0.306 e. The van der Waals surface area contributed by atoms with Crippen molar-refractivity contribution in [1.29, 1.82) is 0 Å². The number of hydrogen-bond acceptors (Lipinski definition) is 7. The molecule has 0 saturated carbocycles. The summed E-state index contributed by atoms with van der Waals surface area (Å²) in [4.78, 5) is 17.4. The van der Waals surface area contributed by atoms with Crippen LogP contribution in [0.5, 0.6) is 11.5 Å². The first kappa shape index (κ1) is 49.3. The summed E-state index contributed by atoms with van der Waals surface area (Å²) in [6, 6.07) is 6.04. The minimum Gasteiger partial charge on any atom is -0.493 e. The molecular formula is C48H88N2O5. The highest BCUT2D eigenvalue weighted by Crippen LogP contribution is 2.25. The fraction of sp³-hybridized carbons (Fsp3) is 0.854. The van der Waals surface area contributed by atoms with Crippen LogP contribution in [-0.4, -0.2) is 80.0 Å². The van der Waals surface area contributed by atoms with Crippen molar-refractivity contribution in [3.63, 3.8) is 0 Å². The van der Waals surface area contributed by atoms with Gasteiger partial charge in [-0.3, -0.25) is 9.69 Å². The average molecular weight is 773 g/mol. The number of carbonyl (C=O) groups excluding carboxylic acids is 1. The normalized spacial score (nSPS) is 13.7. The van der Waals surface area contributed by atoms with E-state index in [4.69, 9.17) is 14.2 Å². The largest absolute Gasteiger partial charge is 0.493 e. The van der Waals surface area contributed by atoms with Gasteiger partial charge in [0.25, 0.3) is 0 Å². The number of unbranched alkanes of at least 4 members (excludes halogenated alkanes) is 25. The Balaban J connectivity index is 1.65. The lowest BCUT2D eigenvalue weighted by molar-refractivity contribution is -0.145. The van der Waals surface area contributed by atoms with E-state index in [1.807, 2.05) is 18.2 Å². The number of rotatable bonds is 39. The number of β-amino-alcohol motifs (C(OH)–C–C–N with tert-alkyl or cyclic N) is 1. The third-order valence-electron chi connectivity index (χ3n) is 11.4. The lowest BCUT2D eigenvalue weighted by atomic mass is 10.0. The van der Waals surface area contributed by atoms with Crippen molar-refractivity contribution < 1.29 is 24.1 Å². The summed E-state index contributed by atoms with van der Waals surface area (Å²) < 4.78 is 18.2. The smallest absolute Gasteiger partial charge is 0.306 e. The SMILES string of the molecule is CCCCCCCCCCCCCCCCCCOc1cc(COC(=O)CCCN2CCN(CCO)CC2)cc(OCCCCCCCCCCCCC)c1. The summed E-state index contributed by atoms with van der Waals surface area (Å²) in [5, 5.41) is 9.17. The molecule has 55 heavy (non-hydrogen) atoms. The van der Waals surface area contributed by atoms with E-state index in [-0.39, 0.29) is 19.2 Å². The molecule has 2 rings (SSSR count). The van der Waals surface area contributed by atoms with Gasteiger partial charge in [0.05, 0.1) is 19.8 Å². The molecule has 0 aromatic heterocycles. The second-order valence-corrected chi connectivity index (χ2v) is 16.5. The first-order valence-electron chi connectivity index (χ1n) is 23.7. The molecule has 1 fully saturated rings. The van der Waals surface area contributed by atoms with Crippen molar-refractivity contribution >= 4 is 5.97 Å². The van der Waals surface area contributed by atoms with E-state index >= 15 is 0 Å². The van der Waals surface area contributed by atoms with Gasteiger partial charge in [-0.1, -0.05) is 174 Å². The monoisotopic (exact) mass is 773 g/mol. The Morgan fingerprint density at radius 2 is 0.873 bits per heavy atom. The Morgan fingerprint density at radius 1 is 0.509 bits per heavy atom. The molecule has 1 aromatic rings. The summed E-state index contributed by atoms with van der Waals surface area (Å²) in [6.07, 6.45) is 37.5. The fourth-order valence-electron chi connectivity index (χ4n) is 7.74. The maximum absolute atomic E-state index is 12.7. The number of aliphatic hydroxyl groups is 1. The zero-order valence-electron chi connectivity index (χ0n) is 36.3. The molecule has 1 aliphatic heterocycles. The van der Waals surface area contributed by atoms with Crippen LogP contribution >= 0.6 is 0 Å². The quantitative estimate of drug-likeness (QED) is 0.0528. The second-order valence-electron chi connectivity index (χ2n) is 16.5. The number of carbonyl (C=O) groups is 1. The summed E-state index contributed by atoms with van der Waals surface area (Å²) in [5.41, 5.74) is 0.923. The molecule has 1 N–H and O–H groups in total. The molecule has 0 radical (unpaired) electrons. The first-order chi connectivity index (χ1) is 27.1. The highest BCUT2D eigenvalue weighted by molar-refractivity contribution is 5.69. The number of nitrogens with zero attached hydrogens (tertiary/aromatic N) is 2. The Hall–Kier alpha value is -1.83. The highest BCUT2D eigenvalue weighted by atomic mass is 16.5. The van der Waals surface area contributed by atoms with Crippen molar-refractivity contribution in [2.45, 2.75) is 207 Å². The Morgan fingerprint density at radius 3 is 1.25 bits per heavy atom. The third-order valence-corrected chi connectivity index (χ3v) is 11.4. The first-order valence-corrected chi connectivity index (χ1v) is 23.7. The molecule has 1 saturated heterocycles. The fourth-order valence-corrected chi connectivity index (χ4v) is 7.74. The van der Waals surface area contributed by atoms with E-state index < -0.39 is 0 Å². The number of piperazine rings is 1. The van der Waals surface area contributed by atoms with Crippen LogP contribution < -0.4 is 9.47 Å². The zero-order chi connectivity index (χ0) is 39.3. The predicted octanol–water partition coefficient (Wildman–Crippen LogP) is 12.4. The van der Waals surface area contributed by atoms with Gasteiger partial charge in [-0.2, -0.15) is 0 Å². The number of ether oxygens (including phenoxy) is 3. The molecule has 0 unspecified atom stereocenters. The molecule has 320 valence electrons. The number of hydrogen-bond donors (Lipinski definition) is 1. The Bertz CT molecular complexity index is 999. The van der Waals surface area contributed by atoms with Crippen molar-refractivity contribution in [1.82, 2.24) is 9.80 Å². The van der Waals surface area contributed by atoms with Crippen molar-refractivity contribution in [3.05, 3.63) is 23.8 Å². The maximum atomic E-state index is 12.7. The number of esters is 1. The van der Waals surface area contributed by atoms with Gasteiger partial charge in [0.2, 0.25) is 0 Å². The van der Waals surface area contributed by atoms with Crippen molar-refractivity contribution in [2.75, 3.05) is 59.1 Å². The minimum atomic E-state index is -0.151. The molecular weight excluding hydrogens is 685 g/mol. The van der Waals surface area contributed by atoms with E-state index in [0.29, 0.717) is 19.6 Å². The molecule has 0 atom stereocenters. The molecule has 0 aliphatic carbocycles. The summed E-state index contributed by atoms with van der Waals surface area (Å²) in [7, 11) is 0. The lowest BCUT2D eigenvalue weighted by Gasteiger charge is -2.34. The van der Waals surface area contributed by atoms with Crippen LogP contribution in [0.1, 0.15) is 206 Å². The van der Waals surface area contributed by atoms with Crippen LogP contribution in [0.25, 0.3) is 0 Å². The summed E-state index contributed by atoms with van der Waals surface area (Å²) in [5.74, 6) is 1.47. The minimum absolute atomic E-state index is 0.151. The van der Waals surface area contributed by atoms with Gasteiger partial charge < -0.3 is 24.2 Å². The molecule has 1 aromatic carbocycles. The van der Waals surface area contributed by atoms with Crippen LogP contribution in [0.3, 0.4) is 0 Å². The Labute approximate surface area is 340 Å². The van der Waals surface area contributed by atoms with Crippen LogP contribution in [0.4, 0.5) is 0 Å². The molecule has 0 spiro atoms. The standard InChI is InChI=1S/C48H88N2O5/c1-3-5-7-9-11-13-15-16-17-18-19-21-23-25-27-29-40-54-47-42-45(44-55-48(52)31-30-32-49-33-35-50(36-34-49)37-38-51)41-46(43-47)53-39-28-26-24-22-20-14-12-10-8-6-4-2/h41-43,51H,3-40,44H2,1-2H3. The van der Waals surface area contributed by atoms with E-state index in [9.17, 15) is 9.90 Å². The van der Waals surface area contributed by atoms with Gasteiger partial charge in [0, 0.05) is 45.2 Å². The van der Waals surface area contributed by atoms with Gasteiger partial charge in [-0.15, -0.1) is 0 Å². The van der Waals surface area contributed by atoms with Gasteiger partial charge in [0.15, 0.2) is 0 Å². The van der Waals surface area contributed by atoms with Crippen molar-refractivity contribution in [2.24, 2.45) is 0 Å².